The molecule has 0 spiro atoms. The number of ether oxygens (including phenoxy) is 1. The Morgan fingerprint density at radius 2 is 1.81 bits per heavy atom. The molecule has 0 saturated carbocycles. The van der Waals surface area contributed by atoms with Crippen LogP contribution in [-0.2, 0) is 6.61 Å². The average Bonchev–Trinajstić information content (AvgIpc) is 3.71. The molecule has 0 aliphatic rings. The number of pyridine rings is 3. The summed E-state index contributed by atoms with van der Waals surface area (Å²) in [6.07, 6.45) is 8.62. The molecule has 1 aromatic carbocycles. The fourth-order valence-electron chi connectivity index (χ4n) is 4.44. The fourth-order valence-corrected chi connectivity index (χ4v) is 4.44. The van der Waals surface area contributed by atoms with Crippen LogP contribution in [0.4, 0.5) is 0 Å². The lowest BCUT2D eigenvalue weighted by Crippen LogP contribution is -1.96. The maximum absolute atomic E-state index is 5.97. The molecule has 178 valence electrons. The highest BCUT2D eigenvalue weighted by Gasteiger charge is 2.16. The summed E-state index contributed by atoms with van der Waals surface area (Å²) in [6, 6.07) is 21.8. The number of fused-ring (bicyclic) bond motifs is 2. The molecule has 2 N–H and O–H groups in total. The Morgan fingerprint density at radius 3 is 2.70 bits per heavy atom. The Hall–Kier alpha value is -5.24. The average molecular weight is 485 g/mol. The topological polar surface area (TPSA) is 106 Å². The molecule has 6 heterocycles. The Bertz CT molecular complexity index is 1840. The molecule has 0 amide bonds. The van der Waals surface area contributed by atoms with Gasteiger partial charge in [-0.2, -0.15) is 5.10 Å². The van der Waals surface area contributed by atoms with Gasteiger partial charge in [-0.3, -0.25) is 15.1 Å². The number of aromatic nitrogens is 6. The van der Waals surface area contributed by atoms with Gasteiger partial charge in [-0.1, -0.05) is 30.3 Å². The Morgan fingerprint density at radius 1 is 0.865 bits per heavy atom. The summed E-state index contributed by atoms with van der Waals surface area (Å²) in [5.74, 6) is 0.686. The minimum absolute atomic E-state index is 0.473. The first kappa shape index (κ1) is 21.1. The van der Waals surface area contributed by atoms with Gasteiger partial charge >= 0.3 is 0 Å². The van der Waals surface area contributed by atoms with E-state index < -0.39 is 0 Å². The van der Waals surface area contributed by atoms with Crippen molar-refractivity contribution in [3.63, 3.8) is 0 Å². The Kier molecular flexibility index (Phi) is 4.99. The van der Waals surface area contributed by atoms with Crippen molar-refractivity contribution in [3.8, 4) is 39.7 Å². The third kappa shape index (κ3) is 3.90. The molecule has 8 nitrogen and oxygen atoms in total. The molecule has 0 aliphatic carbocycles. The normalized spacial score (nSPS) is 11.4. The second-order valence-corrected chi connectivity index (χ2v) is 8.66. The van der Waals surface area contributed by atoms with Gasteiger partial charge < -0.3 is 14.1 Å². The van der Waals surface area contributed by atoms with E-state index in [-0.39, 0.29) is 0 Å². The summed E-state index contributed by atoms with van der Waals surface area (Å²) in [6.45, 7) is 0.473. The van der Waals surface area contributed by atoms with Crippen molar-refractivity contribution in [1.29, 1.82) is 0 Å². The zero-order valence-corrected chi connectivity index (χ0v) is 19.6. The minimum atomic E-state index is 0.473. The van der Waals surface area contributed by atoms with Gasteiger partial charge in [0.15, 0.2) is 0 Å². The minimum Gasteiger partial charge on any atom is -0.487 e. The van der Waals surface area contributed by atoms with Gasteiger partial charge in [0, 0.05) is 34.4 Å². The maximum Gasteiger partial charge on any atom is 0.138 e. The molecule has 0 saturated heterocycles. The van der Waals surface area contributed by atoms with Crippen LogP contribution in [0, 0.1) is 0 Å². The number of H-pyrrole nitrogens is 2. The number of rotatable bonds is 6. The highest BCUT2D eigenvalue weighted by Crippen LogP contribution is 2.33. The number of nitrogens with zero attached hydrogens (tertiary/aromatic N) is 4. The largest absolute Gasteiger partial charge is 0.487 e. The van der Waals surface area contributed by atoms with Gasteiger partial charge in [0.05, 0.1) is 41.3 Å². The van der Waals surface area contributed by atoms with Gasteiger partial charge in [-0.05, 0) is 42.0 Å². The molecule has 0 aliphatic heterocycles. The smallest absolute Gasteiger partial charge is 0.138 e. The summed E-state index contributed by atoms with van der Waals surface area (Å²) in [7, 11) is 0. The Balaban J connectivity index is 1.24. The molecule has 0 fully saturated rings. The van der Waals surface area contributed by atoms with Crippen molar-refractivity contribution < 1.29 is 9.15 Å². The summed E-state index contributed by atoms with van der Waals surface area (Å²) >= 11 is 0. The van der Waals surface area contributed by atoms with Gasteiger partial charge in [0.2, 0.25) is 0 Å². The van der Waals surface area contributed by atoms with E-state index >= 15 is 0 Å². The summed E-state index contributed by atoms with van der Waals surface area (Å²) in [4.78, 5) is 17.3. The SMILES string of the molecule is c1ccc(COc2cncc(-c3ccc4[nH]nc(-c5cc6c(-c7ccoc7)nccc6[nH]5)c4n3)c2)cc1. The summed E-state index contributed by atoms with van der Waals surface area (Å²) in [5, 5.41) is 8.65. The van der Waals surface area contributed by atoms with Gasteiger partial charge in [-0.25, -0.2) is 4.98 Å². The van der Waals surface area contributed by atoms with Gasteiger partial charge in [0.1, 0.15) is 23.6 Å². The summed E-state index contributed by atoms with van der Waals surface area (Å²) < 4.78 is 11.2. The molecular weight excluding hydrogens is 464 g/mol. The van der Waals surface area contributed by atoms with Crippen molar-refractivity contribution in [2.24, 2.45) is 0 Å². The first-order valence-corrected chi connectivity index (χ1v) is 11.8. The lowest BCUT2D eigenvalue weighted by atomic mass is 10.1. The second-order valence-electron chi connectivity index (χ2n) is 8.66. The highest BCUT2D eigenvalue weighted by atomic mass is 16.5. The van der Waals surface area contributed by atoms with Crippen LogP contribution in [0.1, 0.15) is 5.56 Å². The van der Waals surface area contributed by atoms with E-state index in [1.807, 2.05) is 66.7 Å². The second kappa shape index (κ2) is 8.76. The molecule has 8 heteroatoms. The van der Waals surface area contributed by atoms with Crippen molar-refractivity contribution in [2.75, 3.05) is 0 Å². The molecule has 0 unspecified atom stereocenters. The predicted octanol–water partition coefficient (Wildman–Crippen LogP) is 6.40. The van der Waals surface area contributed by atoms with Crippen molar-refractivity contribution in [3.05, 3.63) is 103 Å². The standard InChI is InChI=1S/C29H20N6O2/c1-2-4-18(5-3-1)16-37-21-12-20(14-30-15-21)23-6-7-25-28(33-23)29(35-34-25)26-13-22-24(32-26)8-10-31-27(22)19-9-11-36-17-19/h1-15,17,32H,16H2,(H,34,35). The zero-order valence-electron chi connectivity index (χ0n) is 19.6. The van der Waals surface area contributed by atoms with E-state index in [4.69, 9.17) is 14.1 Å². The van der Waals surface area contributed by atoms with Crippen LogP contribution in [0.15, 0.2) is 102 Å². The molecule has 0 radical (unpaired) electrons. The van der Waals surface area contributed by atoms with Crippen LogP contribution < -0.4 is 4.74 Å². The first-order valence-electron chi connectivity index (χ1n) is 11.8. The molecule has 0 bridgehead atoms. The highest BCUT2D eigenvalue weighted by molar-refractivity contribution is 5.99. The first-order chi connectivity index (χ1) is 18.3. The van der Waals surface area contributed by atoms with Crippen molar-refractivity contribution in [1.82, 2.24) is 30.1 Å². The van der Waals surface area contributed by atoms with E-state index in [2.05, 4.69) is 25.1 Å². The number of hydrogen-bond acceptors (Lipinski definition) is 6. The zero-order chi connectivity index (χ0) is 24.6. The van der Waals surface area contributed by atoms with E-state index in [1.165, 1.54) is 0 Å². The molecule has 7 aromatic rings. The summed E-state index contributed by atoms with van der Waals surface area (Å²) in [5.41, 5.74) is 8.66. The molecule has 0 atom stereocenters. The number of nitrogens with one attached hydrogen (secondary N) is 2. The van der Waals surface area contributed by atoms with Crippen LogP contribution in [0.3, 0.4) is 0 Å². The fraction of sp³-hybridized carbons (Fsp3) is 0.0345. The molecule has 7 rings (SSSR count). The lowest BCUT2D eigenvalue weighted by molar-refractivity contribution is 0.305. The van der Waals surface area contributed by atoms with E-state index in [0.29, 0.717) is 12.4 Å². The van der Waals surface area contributed by atoms with Crippen LogP contribution >= 0.6 is 0 Å². The number of furan rings is 1. The van der Waals surface area contributed by atoms with Gasteiger partial charge in [-0.15, -0.1) is 0 Å². The van der Waals surface area contributed by atoms with Gasteiger partial charge in [0.25, 0.3) is 0 Å². The predicted molar refractivity (Wildman–Crippen MR) is 141 cm³/mol. The molecule has 37 heavy (non-hydrogen) atoms. The number of hydrogen-bond donors (Lipinski definition) is 2. The van der Waals surface area contributed by atoms with E-state index in [0.717, 1.165) is 61.4 Å². The Labute approximate surface area is 211 Å². The third-order valence-corrected chi connectivity index (χ3v) is 6.26. The number of aromatic amines is 2. The van der Waals surface area contributed by atoms with Crippen LogP contribution in [0.25, 0.3) is 55.8 Å². The molecular formula is C29H20N6O2. The molecule has 6 aromatic heterocycles. The van der Waals surface area contributed by atoms with E-state index in [9.17, 15) is 0 Å². The van der Waals surface area contributed by atoms with Crippen molar-refractivity contribution in [2.45, 2.75) is 6.61 Å². The van der Waals surface area contributed by atoms with Crippen molar-refractivity contribution >= 4 is 21.9 Å². The number of benzene rings is 1. The van der Waals surface area contributed by atoms with Crippen LogP contribution in [0.5, 0.6) is 5.75 Å². The van der Waals surface area contributed by atoms with E-state index in [1.54, 1.807) is 31.1 Å². The monoisotopic (exact) mass is 484 g/mol. The maximum atomic E-state index is 5.97. The quantitative estimate of drug-likeness (QED) is 0.283. The third-order valence-electron chi connectivity index (χ3n) is 6.26. The van der Waals surface area contributed by atoms with Crippen LogP contribution in [-0.4, -0.2) is 30.1 Å². The van der Waals surface area contributed by atoms with Crippen LogP contribution in [0.2, 0.25) is 0 Å². The lowest BCUT2D eigenvalue weighted by Gasteiger charge is -2.08.